The molecule has 1 aliphatic rings. The number of hydrogen-bond acceptors (Lipinski definition) is 2. The van der Waals surface area contributed by atoms with Gasteiger partial charge in [-0.05, 0) is 25.2 Å². The summed E-state index contributed by atoms with van der Waals surface area (Å²) in [6.07, 6.45) is 3.96. The van der Waals surface area contributed by atoms with Gasteiger partial charge in [0.15, 0.2) is 0 Å². The van der Waals surface area contributed by atoms with Crippen molar-refractivity contribution < 1.29 is 4.79 Å². The van der Waals surface area contributed by atoms with Crippen LogP contribution in [0.3, 0.4) is 0 Å². The molecule has 0 aromatic rings. The summed E-state index contributed by atoms with van der Waals surface area (Å²) in [7, 11) is 0. The molecule has 0 spiro atoms. The molecule has 0 radical (unpaired) electrons. The highest BCUT2D eigenvalue weighted by Crippen LogP contribution is 2.29. The predicted molar refractivity (Wildman–Crippen MR) is 43.5 cm³/mol. The monoisotopic (exact) mass is 156 g/mol. The lowest BCUT2D eigenvalue weighted by atomic mass is 10.3. The zero-order valence-corrected chi connectivity index (χ0v) is 7.05. The van der Waals surface area contributed by atoms with Crippen molar-refractivity contribution in [2.45, 2.75) is 32.6 Å². The molecular formula is C8H16N2O. The minimum absolute atomic E-state index is 0.0828. The van der Waals surface area contributed by atoms with E-state index in [0.717, 1.165) is 13.0 Å². The first kappa shape index (κ1) is 8.53. The van der Waals surface area contributed by atoms with Gasteiger partial charge in [0, 0.05) is 13.0 Å². The van der Waals surface area contributed by atoms with Gasteiger partial charge in [0.25, 0.3) is 0 Å². The quantitative estimate of drug-likeness (QED) is 0.373. The van der Waals surface area contributed by atoms with Crippen LogP contribution in [0.2, 0.25) is 0 Å². The second kappa shape index (κ2) is 3.72. The molecule has 0 heterocycles. The van der Waals surface area contributed by atoms with E-state index in [-0.39, 0.29) is 5.91 Å². The average Bonchev–Trinajstić information content (AvgIpc) is 2.72. The van der Waals surface area contributed by atoms with Gasteiger partial charge in [0.05, 0.1) is 0 Å². The highest BCUT2D eigenvalue weighted by atomic mass is 16.2. The highest BCUT2D eigenvalue weighted by Gasteiger charge is 2.24. The number of carbonyl (C=O) groups is 1. The highest BCUT2D eigenvalue weighted by molar-refractivity contribution is 5.75. The average molecular weight is 156 g/mol. The second-order valence-electron chi connectivity index (χ2n) is 3.24. The van der Waals surface area contributed by atoms with Crippen molar-refractivity contribution >= 4 is 5.91 Å². The number of nitrogens with two attached hydrogens (primary N) is 1. The molecule has 0 aromatic heterocycles. The van der Waals surface area contributed by atoms with Gasteiger partial charge in [-0.15, -0.1) is 0 Å². The Labute approximate surface area is 67.5 Å². The Bertz CT molecular complexity index is 143. The minimum Gasteiger partial charge on any atom is -0.280 e. The third-order valence-corrected chi connectivity index (χ3v) is 1.94. The SMILES string of the molecule is CCCC(=O)N(N)CC1CC1. The Morgan fingerprint density at radius 3 is 2.73 bits per heavy atom. The largest absolute Gasteiger partial charge is 0.280 e. The molecule has 1 amide bonds. The molecule has 0 bridgehead atoms. The molecule has 0 saturated heterocycles. The van der Waals surface area contributed by atoms with Crippen molar-refractivity contribution in [3.8, 4) is 0 Å². The van der Waals surface area contributed by atoms with Crippen LogP contribution in [-0.4, -0.2) is 17.5 Å². The van der Waals surface area contributed by atoms with Crippen LogP contribution in [0.1, 0.15) is 32.6 Å². The first-order valence-electron chi connectivity index (χ1n) is 4.29. The summed E-state index contributed by atoms with van der Waals surface area (Å²) in [5, 5.41) is 1.38. The summed E-state index contributed by atoms with van der Waals surface area (Å²) >= 11 is 0. The van der Waals surface area contributed by atoms with E-state index in [1.807, 2.05) is 6.92 Å². The fraction of sp³-hybridized carbons (Fsp3) is 0.875. The van der Waals surface area contributed by atoms with Crippen LogP contribution in [-0.2, 0) is 4.79 Å². The normalized spacial score (nSPS) is 16.5. The Balaban J connectivity index is 2.15. The zero-order chi connectivity index (χ0) is 8.27. The summed E-state index contributed by atoms with van der Waals surface area (Å²) in [5.41, 5.74) is 0. The number of hydrazine groups is 1. The topological polar surface area (TPSA) is 46.3 Å². The maximum absolute atomic E-state index is 11.1. The number of nitrogens with zero attached hydrogens (tertiary/aromatic N) is 1. The van der Waals surface area contributed by atoms with E-state index in [0.29, 0.717) is 12.3 Å². The second-order valence-corrected chi connectivity index (χ2v) is 3.24. The van der Waals surface area contributed by atoms with Crippen LogP contribution in [0.25, 0.3) is 0 Å². The third-order valence-electron chi connectivity index (χ3n) is 1.94. The Kier molecular flexibility index (Phi) is 2.88. The van der Waals surface area contributed by atoms with Crippen molar-refractivity contribution in [3.05, 3.63) is 0 Å². The number of rotatable bonds is 4. The number of amides is 1. The fourth-order valence-electron chi connectivity index (χ4n) is 1.04. The van der Waals surface area contributed by atoms with Crippen LogP contribution in [0.4, 0.5) is 0 Å². The smallest absolute Gasteiger partial charge is 0.236 e. The molecule has 0 unspecified atom stereocenters. The van der Waals surface area contributed by atoms with Crippen molar-refractivity contribution in [1.82, 2.24) is 5.01 Å². The number of hydrogen-bond donors (Lipinski definition) is 1. The van der Waals surface area contributed by atoms with Crippen molar-refractivity contribution in [2.75, 3.05) is 6.54 Å². The summed E-state index contributed by atoms with van der Waals surface area (Å²) in [5.74, 6) is 6.31. The maximum atomic E-state index is 11.1. The summed E-state index contributed by atoms with van der Waals surface area (Å²) in [4.78, 5) is 11.1. The summed E-state index contributed by atoms with van der Waals surface area (Å²) < 4.78 is 0. The Hall–Kier alpha value is -0.570. The molecule has 0 atom stereocenters. The van der Waals surface area contributed by atoms with Crippen molar-refractivity contribution in [1.29, 1.82) is 0 Å². The first-order valence-corrected chi connectivity index (χ1v) is 4.29. The summed E-state index contributed by atoms with van der Waals surface area (Å²) in [6.45, 7) is 2.75. The van der Waals surface area contributed by atoms with Gasteiger partial charge >= 0.3 is 0 Å². The van der Waals surface area contributed by atoms with Crippen LogP contribution in [0.5, 0.6) is 0 Å². The molecule has 1 rings (SSSR count). The van der Waals surface area contributed by atoms with E-state index >= 15 is 0 Å². The van der Waals surface area contributed by atoms with Crippen molar-refractivity contribution in [3.63, 3.8) is 0 Å². The third kappa shape index (κ3) is 2.89. The molecule has 1 aliphatic carbocycles. The van der Waals surface area contributed by atoms with Gasteiger partial charge in [0.2, 0.25) is 5.91 Å². The van der Waals surface area contributed by atoms with Gasteiger partial charge in [0.1, 0.15) is 0 Å². The van der Waals surface area contributed by atoms with Gasteiger partial charge in [-0.25, -0.2) is 5.84 Å². The molecule has 64 valence electrons. The molecule has 3 nitrogen and oxygen atoms in total. The Morgan fingerprint density at radius 1 is 1.64 bits per heavy atom. The lowest BCUT2D eigenvalue weighted by Gasteiger charge is -2.15. The molecule has 3 heteroatoms. The number of carbonyl (C=O) groups excluding carboxylic acids is 1. The molecule has 11 heavy (non-hydrogen) atoms. The lowest BCUT2D eigenvalue weighted by Crippen LogP contribution is -2.38. The minimum atomic E-state index is 0.0828. The van der Waals surface area contributed by atoms with Gasteiger partial charge < -0.3 is 0 Å². The fourth-order valence-corrected chi connectivity index (χ4v) is 1.04. The van der Waals surface area contributed by atoms with Crippen LogP contribution in [0, 0.1) is 5.92 Å². The van der Waals surface area contributed by atoms with Crippen molar-refractivity contribution in [2.24, 2.45) is 11.8 Å². The predicted octanol–water partition coefficient (Wildman–Crippen LogP) is 0.899. The first-order chi connectivity index (χ1) is 5.24. The Morgan fingerprint density at radius 2 is 2.27 bits per heavy atom. The van der Waals surface area contributed by atoms with E-state index in [4.69, 9.17) is 5.84 Å². The van der Waals surface area contributed by atoms with E-state index in [9.17, 15) is 4.79 Å². The molecular weight excluding hydrogens is 140 g/mol. The van der Waals surface area contributed by atoms with Crippen LogP contribution in [0.15, 0.2) is 0 Å². The standard InChI is InChI=1S/C8H16N2O/c1-2-3-8(11)10(9)6-7-4-5-7/h7H,2-6,9H2,1H3. The van der Waals surface area contributed by atoms with Crippen LogP contribution >= 0.6 is 0 Å². The van der Waals surface area contributed by atoms with E-state index in [1.165, 1.54) is 17.9 Å². The van der Waals surface area contributed by atoms with Crippen LogP contribution < -0.4 is 5.84 Å². The van der Waals surface area contributed by atoms with E-state index < -0.39 is 0 Å². The molecule has 1 fully saturated rings. The lowest BCUT2D eigenvalue weighted by molar-refractivity contribution is -0.131. The van der Waals surface area contributed by atoms with E-state index in [1.54, 1.807) is 0 Å². The van der Waals surface area contributed by atoms with E-state index in [2.05, 4.69) is 0 Å². The zero-order valence-electron chi connectivity index (χ0n) is 7.05. The van der Waals surface area contributed by atoms with Gasteiger partial charge in [-0.3, -0.25) is 9.80 Å². The van der Waals surface area contributed by atoms with Gasteiger partial charge in [-0.2, -0.15) is 0 Å². The van der Waals surface area contributed by atoms with Gasteiger partial charge in [-0.1, -0.05) is 6.92 Å². The molecule has 0 aromatic carbocycles. The molecule has 0 aliphatic heterocycles. The molecule has 1 saturated carbocycles. The summed E-state index contributed by atoms with van der Waals surface area (Å²) in [6, 6.07) is 0. The maximum Gasteiger partial charge on any atom is 0.236 e. The molecule has 2 N–H and O–H groups in total.